The van der Waals surface area contributed by atoms with Crippen molar-refractivity contribution in [2.45, 2.75) is 6.54 Å². The monoisotopic (exact) mass is 446 g/mol. The normalized spacial score (nSPS) is 11.3. The van der Waals surface area contributed by atoms with Crippen LogP contribution in [0.5, 0.6) is 0 Å². The van der Waals surface area contributed by atoms with E-state index < -0.39 is 0 Å². The zero-order valence-corrected chi connectivity index (χ0v) is 17.2. The van der Waals surface area contributed by atoms with Gasteiger partial charge in [0.2, 0.25) is 0 Å². The van der Waals surface area contributed by atoms with Gasteiger partial charge in [0.1, 0.15) is 4.83 Å². The highest BCUT2D eigenvalue weighted by atomic mass is 79.9. The smallest absolute Gasteiger partial charge is 0.263 e. The number of benzene rings is 3. The molecular weight excluding hydrogens is 432 g/mol. The van der Waals surface area contributed by atoms with E-state index in [1.807, 2.05) is 47.8 Å². The first-order chi connectivity index (χ1) is 13.7. The minimum absolute atomic E-state index is 0.00268. The molecule has 0 saturated carbocycles. The second kappa shape index (κ2) is 7.00. The van der Waals surface area contributed by atoms with Gasteiger partial charge >= 0.3 is 0 Å². The molecule has 0 amide bonds. The number of rotatable bonds is 3. The van der Waals surface area contributed by atoms with Gasteiger partial charge in [-0.25, -0.2) is 4.98 Å². The lowest BCUT2D eigenvalue weighted by molar-refractivity contribution is 0.749. The summed E-state index contributed by atoms with van der Waals surface area (Å²) in [5.74, 6) is 0. The molecule has 0 spiro atoms. The van der Waals surface area contributed by atoms with Gasteiger partial charge in [-0.3, -0.25) is 9.36 Å². The van der Waals surface area contributed by atoms with Crippen LogP contribution in [0.25, 0.3) is 32.1 Å². The first kappa shape index (κ1) is 17.3. The topological polar surface area (TPSA) is 34.9 Å². The molecule has 0 fully saturated rings. The van der Waals surface area contributed by atoms with E-state index >= 15 is 0 Å². The van der Waals surface area contributed by atoms with Crippen LogP contribution in [0.4, 0.5) is 0 Å². The molecule has 136 valence electrons. The van der Waals surface area contributed by atoms with Crippen molar-refractivity contribution in [2.24, 2.45) is 0 Å². The SMILES string of the molecule is O=c1c2c(-c3cccc4ccccc34)csc2ncn1Cc1ccc(Br)cc1. The predicted octanol–water partition coefficient (Wildman–Crippen LogP) is 6.09. The number of fused-ring (bicyclic) bond motifs is 2. The van der Waals surface area contributed by atoms with Gasteiger partial charge in [-0.15, -0.1) is 11.3 Å². The van der Waals surface area contributed by atoms with Gasteiger partial charge < -0.3 is 0 Å². The fraction of sp³-hybridized carbons (Fsp3) is 0.0435. The quantitative estimate of drug-likeness (QED) is 0.336. The summed E-state index contributed by atoms with van der Waals surface area (Å²) in [6.07, 6.45) is 1.65. The number of halogens is 1. The Balaban J connectivity index is 1.69. The average Bonchev–Trinajstić information content (AvgIpc) is 3.16. The first-order valence-corrected chi connectivity index (χ1v) is 10.6. The van der Waals surface area contributed by atoms with Gasteiger partial charge in [0.25, 0.3) is 5.56 Å². The molecule has 3 nitrogen and oxygen atoms in total. The molecule has 3 aromatic carbocycles. The Kier molecular flexibility index (Phi) is 4.34. The van der Waals surface area contributed by atoms with Crippen LogP contribution in [0.1, 0.15) is 5.56 Å². The molecule has 0 aliphatic carbocycles. The van der Waals surface area contributed by atoms with Crippen molar-refractivity contribution < 1.29 is 0 Å². The molecule has 0 aliphatic rings. The number of thiophene rings is 1. The zero-order chi connectivity index (χ0) is 19.1. The van der Waals surface area contributed by atoms with Crippen molar-refractivity contribution in [1.82, 2.24) is 9.55 Å². The molecule has 28 heavy (non-hydrogen) atoms. The molecule has 0 saturated heterocycles. The molecule has 0 unspecified atom stereocenters. The van der Waals surface area contributed by atoms with Crippen LogP contribution < -0.4 is 5.56 Å². The fourth-order valence-electron chi connectivity index (χ4n) is 3.53. The summed E-state index contributed by atoms with van der Waals surface area (Å²) in [4.78, 5) is 18.6. The molecule has 0 radical (unpaired) electrons. The molecular formula is C23H15BrN2OS. The number of hydrogen-bond donors (Lipinski definition) is 0. The molecule has 0 aliphatic heterocycles. The maximum atomic E-state index is 13.3. The standard InChI is InChI=1S/C23H15BrN2OS/c24-17-10-8-15(9-11-17)12-26-14-25-22-21(23(26)27)20(13-28-22)19-7-3-5-16-4-1-2-6-18(16)19/h1-11,13-14H,12H2. The first-order valence-electron chi connectivity index (χ1n) is 8.90. The van der Waals surface area contributed by atoms with Crippen LogP contribution >= 0.6 is 27.3 Å². The minimum atomic E-state index is -0.00268. The summed E-state index contributed by atoms with van der Waals surface area (Å²) >= 11 is 4.97. The van der Waals surface area contributed by atoms with Gasteiger partial charge in [-0.2, -0.15) is 0 Å². The van der Waals surface area contributed by atoms with Crippen molar-refractivity contribution >= 4 is 48.3 Å². The molecule has 0 atom stereocenters. The Morgan fingerprint density at radius 3 is 2.57 bits per heavy atom. The fourth-order valence-corrected chi connectivity index (χ4v) is 4.69. The van der Waals surface area contributed by atoms with Crippen molar-refractivity contribution in [3.05, 3.63) is 98.8 Å². The Morgan fingerprint density at radius 2 is 1.71 bits per heavy atom. The predicted molar refractivity (Wildman–Crippen MR) is 120 cm³/mol. The van der Waals surface area contributed by atoms with E-state index in [1.54, 1.807) is 10.9 Å². The van der Waals surface area contributed by atoms with Crippen LogP contribution in [-0.2, 0) is 6.54 Å². The van der Waals surface area contributed by atoms with Gasteiger partial charge in [-0.05, 0) is 34.0 Å². The third kappa shape index (κ3) is 2.97. The van der Waals surface area contributed by atoms with E-state index in [9.17, 15) is 4.79 Å². The highest BCUT2D eigenvalue weighted by Gasteiger charge is 2.15. The summed E-state index contributed by atoms with van der Waals surface area (Å²) in [6, 6.07) is 22.5. The van der Waals surface area contributed by atoms with Crippen LogP contribution in [-0.4, -0.2) is 9.55 Å². The number of hydrogen-bond acceptors (Lipinski definition) is 3. The molecule has 5 heteroatoms. The molecule has 0 bridgehead atoms. The molecule has 2 aromatic heterocycles. The van der Waals surface area contributed by atoms with E-state index in [-0.39, 0.29) is 5.56 Å². The largest absolute Gasteiger partial charge is 0.294 e. The van der Waals surface area contributed by atoms with E-state index in [1.165, 1.54) is 16.7 Å². The van der Waals surface area contributed by atoms with Crippen molar-refractivity contribution in [1.29, 1.82) is 0 Å². The van der Waals surface area contributed by atoms with Crippen LogP contribution in [0, 0.1) is 0 Å². The van der Waals surface area contributed by atoms with E-state index in [0.717, 1.165) is 31.4 Å². The van der Waals surface area contributed by atoms with Gasteiger partial charge in [-0.1, -0.05) is 70.5 Å². The van der Waals surface area contributed by atoms with Crippen molar-refractivity contribution in [2.75, 3.05) is 0 Å². The number of aromatic nitrogens is 2. The lowest BCUT2D eigenvalue weighted by atomic mass is 9.99. The van der Waals surface area contributed by atoms with E-state index in [4.69, 9.17) is 0 Å². The molecule has 5 rings (SSSR count). The minimum Gasteiger partial charge on any atom is -0.294 e. The Bertz CT molecular complexity index is 1360. The van der Waals surface area contributed by atoms with Crippen LogP contribution in [0.3, 0.4) is 0 Å². The zero-order valence-electron chi connectivity index (χ0n) is 14.8. The Morgan fingerprint density at radius 1 is 0.929 bits per heavy atom. The lowest BCUT2D eigenvalue weighted by Gasteiger charge is -2.08. The third-order valence-corrected chi connectivity index (χ3v) is 6.32. The van der Waals surface area contributed by atoms with E-state index in [2.05, 4.69) is 45.2 Å². The lowest BCUT2D eigenvalue weighted by Crippen LogP contribution is -2.20. The maximum absolute atomic E-state index is 13.3. The summed E-state index contributed by atoms with van der Waals surface area (Å²) < 4.78 is 2.71. The van der Waals surface area contributed by atoms with Crippen LogP contribution in [0.15, 0.2) is 87.7 Å². The van der Waals surface area contributed by atoms with E-state index in [0.29, 0.717) is 11.9 Å². The molecule has 0 N–H and O–H groups in total. The summed E-state index contributed by atoms with van der Waals surface area (Å²) in [5.41, 5.74) is 3.09. The van der Waals surface area contributed by atoms with Gasteiger partial charge in [0.15, 0.2) is 0 Å². The summed E-state index contributed by atoms with van der Waals surface area (Å²) in [5, 5.41) is 5.05. The number of nitrogens with zero attached hydrogens (tertiary/aromatic N) is 2. The Hall–Kier alpha value is -2.76. The highest BCUT2D eigenvalue weighted by molar-refractivity contribution is 9.10. The highest BCUT2D eigenvalue weighted by Crippen LogP contribution is 2.35. The average molecular weight is 447 g/mol. The second-order valence-corrected chi connectivity index (χ2v) is 8.43. The summed E-state index contributed by atoms with van der Waals surface area (Å²) in [6.45, 7) is 0.500. The van der Waals surface area contributed by atoms with Crippen molar-refractivity contribution in [3.8, 4) is 11.1 Å². The van der Waals surface area contributed by atoms with Gasteiger partial charge in [0.05, 0.1) is 18.3 Å². The maximum Gasteiger partial charge on any atom is 0.263 e. The summed E-state index contributed by atoms with van der Waals surface area (Å²) in [7, 11) is 0. The third-order valence-electron chi connectivity index (χ3n) is 4.91. The molecule has 5 aromatic rings. The molecule has 2 heterocycles. The van der Waals surface area contributed by atoms with Crippen LogP contribution in [0.2, 0.25) is 0 Å². The van der Waals surface area contributed by atoms with Crippen molar-refractivity contribution in [3.63, 3.8) is 0 Å². The Labute approximate surface area is 174 Å². The van der Waals surface area contributed by atoms with Gasteiger partial charge in [0, 0.05) is 15.4 Å². The second-order valence-electron chi connectivity index (χ2n) is 6.66.